The molecular formula is C40H58N4O8. The van der Waals surface area contributed by atoms with Gasteiger partial charge in [-0.1, -0.05) is 25.0 Å². The second-order valence-corrected chi connectivity index (χ2v) is 16.8. The molecule has 3 atom stereocenters. The van der Waals surface area contributed by atoms with Gasteiger partial charge in [-0.15, -0.1) is 4.99 Å². The Labute approximate surface area is 307 Å². The van der Waals surface area contributed by atoms with Gasteiger partial charge < -0.3 is 34.9 Å². The zero-order valence-corrected chi connectivity index (χ0v) is 32.2. The first-order valence-electron chi connectivity index (χ1n) is 18.6. The van der Waals surface area contributed by atoms with Crippen LogP contribution in [0.15, 0.2) is 27.6 Å². The molecule has 0 spiro atoms. The number of piperidine rings is 1. The topological polar surface area (TPSA) is 171 Å². The number of nitrogens with two attached hydrogens (primary N) is 1. The number of aliphatic hydroxyl groups is 1. The van der Waals surface area contributed by atoms with Gasteiger partial charge in [0.2, 0.25) is 5.96 Å². The van der Waals surface area contributed by atoms with Gasteiger partial charge in [0, 0.05) is 35.5 Å². The van der Waals surface area contributed by atoms with Crippen LogP contribution in [0.2, 0.25) is 0 Å². The van der Waals surface area contributed by atoms with E-state index in [9.17, 15) is 24.9 Å². The van der Waals surface area contributed by atoms with Crippen molar-refractivity contribution in [2.24, 2.45) is 10.7 Å². The van der Waals surface area contributed by atoms with Crippen molar-refractivity contribution < 1.29 is 38.8 Å². The maximum Gasteiger partial charge on any atom is 0.437 e. The monoisotopic (exact) mass is 722 g/mol. The molecule has 2 bridgehead atoms. The Kier molecular flexibility index (Phi) is 11.1. The van der Waals surface area contributed by atoms with Crippen LogP contribution < -0.4 is 5.73 Å². The van der Waals surface area contributed by atoms with E-state index >= 15 is 0 Å². The molecule has 286 valence electrons. The lowest BCUT2D eigenvalue weighted by Crippen LogP contribution is -2.70. The summed E-state index contributed by atoms with van der Waals surface area (Å²) in [4.78, 5) is 32.7. The van der Waals surface area contributed by atoms with E-state index in [4.69, 9.17) is 19.6 Å². The SMILES string of the molecule is Cc1c(CC23CCN(CCCCCCN(C(=O)OC(C)(C)C)/C(N)=N/C(=O)OC(C)(C)C)C(Cc4ccc(O)c(O)c42)C3(C)O)oc2c1CCC=C2. The lowest BCUT2D eigenvalue weighted by atomic mass is 9.53. The Morgan fingerprint density at radius 3 is 2.44 bits per heavy atom. The number of guanidine groups is 1. The molecule has 2 aliphatic carbocycles. The Hall–Kier alpha value is -4.03. The molecule has 1 aromatic carbocycles. The van der Waals surface area contributed by atoms with Crippen LogP contribution in [0.4, 0.5) is 9.59 Å². The molecule has 2 heterocycles. The maximum atomic E-state index is 13.0. The van der Waals surface area contributed by atoms with Crippen molar-refractivity contribution in [2.75, 3.05) is 19.6 Å². The van der Waals surface area contributed by atoms with Gasteiger partial charge in [-0.25, -0.2) is 14.5 Å². The van der Waals surface area contributed by atoms with Crippen LogP contribution in [0.3, 0.4) is 0 Å². The van der Waals surface area contributed by atoms with E-state index in [2.05, 4.69) is 22.9 Å². The van der Waals surface area contributed by atoms with Gasteiger partial charge in [-0.05, 0) is 130 Å². The van der Waals surface area contributed by atoms with Crippen LogP contribution in [0, 0.1) is 6.92 Å². The molecule has 1 saturated heterocycles. The third kappa shape index (κ3) is 8.12. The molecule has 1 aliphatic heterocycles. The molecule has 1 aromatic heterocycles. The number of benzene rings is 1. The molecule has 0 radical (unpaired) electrons. The second-order valence-electron chi connectivity index (χ2n) is 16.8. The summed E-state index contributed by atoms with van der Waals surface area (Å²) in [5.74, 6) is 1.07. The highest BCUT2D eigenvalue weighted by Crippen LogP contribution is 2.57. The fraction of sp³-hybridized carbons (Fsp3) is 0.625. The van der Waals surface area contributed by atoms with Gasteiger partial charge in [0.05, 0.1) is 5.60 Å². The van der Waals surface area contributed by atoms with E-state index in [1.165, 1.54) is 16.5 Å². The Morgan fingerprint density at radius 1 is 1.08 bits per heavy atom. The number of hydrogen-bond acceptors (Lipinski definition) is 9. The van der Waals surface area contributed by atoms with E-state index < -0.39 is 34.4 Å². The van der Waals surface area contributed by atoms with E-state index in [1.54, 1.807) is 41.5 Å². The van der Waals surface area contributed by atoms with Crippen molar-refractivity contribution in [3.05, 3.63) is 52.0 Å². The number of aromatic hydroxyl groups is 2. The van der Waals surface area contributed by atoms with Crippen LogP contribution in [-0.4, -0.2) is 85.7 Å². The largest absolute Gasteiger partial charge is 0.504 e. The second kappa shape index (κ2) is 14.8. The van der Waals surface area contributed by atoms with Gasteiger partial charge in [-0.3, -0.25) is 4.90 Å². The first-order chi connectivity index (χ1) is 24.2. The molecule has 0 saturated carbocycles. The smallest absolute Gasteiger partial charge is 0.437 e. The number of amides is 2. The van der Waals surface area contributed by atoms with E-state index in [-0.39, 0.29) is 30.0 Å². The van der Waals surface area contributed by atoms with Gasteiger partial charge in [-0.2, -0.15) is 0 Å². The Bertz CT molecular complexity index is 1710. The van der Waals surface area contributed by atoms with E-state index in [0.29, 0.717) is 37.8 Å². The van der Waals surface area contributed by atoms with Gasteiger partial charge in [0.25, 0.3) is 0 Å². The molecule has 12 heteroatoms. The molecule has 52 heavy (non-hydrogen) atoms. The normalized spacial score (nSPS) is 23.2. The predicted octanol–water partition coefficient (Wildman–Crippen LogP) is 6.87. The first-order valence-corrected chi connectivity index (χ1v) is 18.6. The molecule has 5 N–H and O–H groups in total. The molecule has 2 aromatic rings. The highest BCUT2D eigenvalue weighted by atomic mass is 16.6. The van der Waals surface area contributed by atoms with Crippen molar-refractivity contribution >= 4 is 24.2 Å². The number of aliphatic imine (C=N–C) groups is 1. The Morgan fingerprint density at radius 2 is 1.77 bits per heavy atom. The van der Waals surface area contributed by atoms with E-state index in [1.807, 2.05) is 19.1 Å². The summed E-state index contributed by atoms with van der Waals surface area (Å²) >= 11 is 0. The predicted molar refractivity (Wildman–Crippen MR) is 200 cm³/mol. The fourth-order valence-electron chi connectivity index (χ4n) is 8.20. The average molecular weight is 723 g/mol. The minimum atomic E-state index is -1.24. The Balaban J connectivity index is 1.26. The maximum absolute atomic E-state index is 13.0. The number of nitrogens with zero attached hydrogens (tertiary/aromatic N) is 3. The third-order valence-electron chi connectivity index (χ3n) is 10.8. The molecule has 3 aliphatic rings. The molecule has 1 fully saturated rings. The highest BCUT2D eigenvalue weighted by molar-refractivity contribution is 5.98. The van der Waals surface area contributed by atoms with Crippen LogP contribution >= 0.6 is 0 Å². The van der Waals surface area contributed by atoms with Gasteiger partial charge in [0.15, 0.2) is 11.5 Å². The van der Waals surface area contributed by atoms with Crippen molar-refractivity contribution in [2.45, 2.75) is 141 Å². The zero-order chi connectivity index (χ0) is 38.2. The number of ether oxygens (including phenoxy) is 2. The number of furan rings is 1. The summed E-state index contributed by atoms with van der Waals surface area (Å²) in [5, 5.41) is 34.6. The van der Waals surface area contributed by atoms with Crippen molar-refractivity contribution in [1.29, 1.82) is 0 Å². The van der Waals surface area contributed by atoms with Crippen LogP contribution in [0.5, 0.6) is 11.5 Å². The molecule has 12 nitrogen and oxygen atoms in total. The molecule has 3 unspecified atom stereocenters. The van der Waals surface area contributed by atoms with Crippen LogP contribution in [-0.2, 0) is 34.2 Å². The summed E-state index contributed by atoms with van der Waals surface area (Å²) in [6.07, 6.45) is 9.07. The number of hydrogen-bond donors (Lipinski definition) is 4. The number of unbranched alkanes of at least 4 members (excludes halogenated alkanes) is 3. The lowest BCUT2D eigenvalue weighted by molar-refractivity contribution is -0.136. The molecule has 5 rings (SSSR count). The quantitative estimate of drug-likeness (QED) is 0.0927. The number of allylic oxidation sites excluding steroid dienone is 1. The summed E-state index contributed by atoms with van der Waals surface area (Å²) in [7, 11) is 0. The number of likely N-dealkylation sites (tertiary alicyclic amines) is 1. The summed E-state index contributed by atoms with van der Waals surface area (Å²) in [6, 6.07) is 3.20. The van der Waals surface area contributed by atoms with E-state index in [0.717, 1.165) is 61.3 Å². The van der Waals surface area contributed by atoms with Crippen molar-refractivity contribution in [3.63, 3.8) is 0 Å². The lowest BCUT2D eigenvalue weighted by Gasteiger charge is -2.60. The standard InChI is InChI=1S/C40H58N4O8/c1-25-27-15-11-12-16-29(27)50-30(25)24-40-19-22-43(31(39(40,8)49)23-26-17-18-28(45)33(46)32(26)40)20-13-9-10-14-21-44(36(48)52-38(5,6)7)34(41)42-35(47)51-37(2,3)4/h12,16-18,31,45-46,49H,9-11,13-15,19-24H2,1-8H3,(H2,41,42,47). The number of fused-ring (bicyclic) bond motifs is 5. The summed E-state index contributed by atoms with van der Waals surface area (Å²) < 4.78 is 17.2. The molecular weight excluding hydrogens is 664 g/mol. The summed E-state index contributed by atoms with van der Waals surface area (Å²) in [5.41, 5.74) is 6.34. The first kappa shape index (κ1) is 39.2. The zero-order valence-electron chi connectivity index (χ0n) is 32.2. The third-order valence-corrected chi connectivity index (χ3v) is 10.8. The fourth-order valence-corrected chi connectivity index (χ4v) is 8.20. The minimum Gasteiger partial charge on any atom is -0.504 e. The van der Waals surface area contributed by atoms with Crippen LogP contribution in [0.1, 0.15) is 121 Å². The van der Waals surface area contributed by atoms with Gasteiger partial charge in [0.1, 0.15) is 22.7 Å². The number of rotatable bonds is 9. The summed E-state index contributed by atoms with van der Waals surface area (Å²) in [6.45, 7) is 16.1. The number of phenolic OH excluding ortho intramolecular Hbond substituents is 2. The number of carbonyl (C=O) groups excluding carboxylic acids is 2. The van der Waals surface area contributed by atoms with Crippen molar-refractivity contribution in [1.82, 2.24) is 9.80 Å². The van der Waals surface area contributed by atoms with Crippen LogP contribution in [0.25, 0.3) is 6.08 Å². The molecule has 2 amide bonds. The number of phenols is 2. The number of carbonyl (C=O) groups is 2. The minimum absolute atomic E-state index is 0.157. The average Bonchev–Trinajstić information content (AvgIpc) is 3.33. The highest BCUT2D eigenvalue weighted by Gasteiger charge is 2.61. The van der Waals surface area contributed by atoms with Gasteiger partial charge >= 0.3 is 12.2 Å². The van der Waals surface area contributed by atoms with Crippen molar-refractivity contribution in [3.8, 4) is 11.5 Å².